The number of carbonyl (C=O) groups is 2. The first-order valence-electron chi connectivity index (χ1n) is 10.2. The second-order valence-corrected chi connectivity index (χ2v) is 9.88. The van der Waals surface area contributed by atoms with Crippen molar-refractivity contribution >= 4 is 11.8 Å². The van der Waals surface area contributed by atoms with Gasteiger partial charge in [0.05, 0.1) is 30.1 Å². The summed E-state index contributed by atoms with van der Waals surface area (Å²) in [5, 5.41) is 0. The Bertz CT molecular complexity index is 635. The Morgan fingerprint density at radius 1 is 1.11 bits per heavy atom. The van der Waals surface area contributed by atoms with E-state index in [9.17, 15) is 9.59 Å². The molecule has 0 bridgehead atoms. The van der Waals surface area contributed by atoms with Crippen molar-refractivity contribution in [2.75, 3.05) is 14.2 Å². The van der Waals surface area contributed by atoms with Crippen LogP contribution in [0.2, 0.25) is 0 Å². The number of nitrogens with zero attached hydrogens (tertiary/aromatic N) is 1. The van der Waals surface area contributed by atoms with Crippen LogP contribution in [0.25, 0.3) is 0 Å². The van der Waals surface area contributed by atoms with Crippen molar-refractivity contribution in [1.29, 1.82) is 0 Å². The molecule has 1 saturated carbocycles. The maximum Gasteiger partial charge on any atom is 0.235 e. The van der Waals surface area contributed by atoms with Gasteiger partial charge < -0.3 is 9.47 Å². The number of hydrogen-bond donors (Lipinski definition) is 0. The monoisotopic (exact) mass is 377 g/mol. The maximum absolute atomic E-state index is 12.9. The lowest BCUT2D eigenvalue weighted by Gasteiger charge is -2.45. The number of ether oxygens (including phenoxy) is 2. The molecule has 3 aliphatic rings. The molecule has 0 radical (unpaired) electrons. The van der Waals surface area contributed by atoms with Crippen molar-refractivity contribution in [1.82, 2.24) is 4.90 Å². The van der Waals surface area contributed by atoms with E-state index in [-0.39, 0.29) is 35.5 Å². The van der Waals surface area contributed by atoms with Crippen LogP contribution in [0.15, 0.2) is 11.6 Å². The molecule has 0 aromatic rings. The molecule has 152 valence electrons. The smallest absolute Gasteiger partial charge is 0.235 e. The minimum atomic E-state index is -0.477. The summed E-state index contributed by atoms with van der Waals surface area (Å²) < 4.78 is 12.2. The average Bonchev–Trinajstić information content (AvgIpc) is 2.81. The quantitative estimate of drug-likeness (QED) is 0.558. The molecule has 2 fully saturated rings. The number of methoxy groups -OCH3 is 1. The summed E-state index contributed by atoms with van der Waals surface area (Å²) in [6.07, 6.45) is 4.76. The Labute approximate surface area is 163 Å². The van der Waals surface area contributed by atoms with E-state index in [1.165, 1.54) is 11.3 Å². The fourth-order valence-corrected chi connectivity index (χ4v) is 5.33. The maximum atomic E-state index is 12.9. The second kappa shape index (κ2) is 7.32. The van der Waals surface area contributed by atoms with Crippen LogP contribution in [-0.4, -0.2) is 49.2 Å². The van der Waals surface area contributed by atoms with Crippen molar-refractivity contribution in [3.05, 3.63) is 11.6 Å². The van der Waals surface area contributed by atoms with Crippen molar-refractivity contribution in [2.45, 2.75) is 72.2 Å². The molecule has 5 heteroatoms. The van der Waals surface area contributed by atoms with E-state index < -0.39 is 11.8 Å². The largest absolute Gasteiger partial charge is 0.377 e. The zero-order valence-corrected chi connectivity index (χ0v) is 17.8. The molecule has 2 aliphatic carbocycles. The third-order valence-corrected chi connectivity index (χ3v) is 6.93. The van der Waals surface area contributed by atoms with Crippen LogP contribution in [0.4, 0.5) is 0 Å². The summed E-state index contributed by atoms with van der Waals surface area (Å²) in [7, 11) is 3.17. The molecular formula is C22H35NO4. The standard InChI is InChI=1S/C22H35NO4/c1-12-8-9-14(22(3,4)5)15(10-12)27-19-13(2)11-16(26-7)17-18(19)21(25)23(6)20(17)24/h11-12,14-19H,8-10H2,1-7H3/t12-,14-,15-,16-,17-,18-,19+/m1/s1. The van der Waals surface area contributed by atoms with E-state index in [1.54, 1.807) is 14.2 Å². The van der Waals surface area contributed by atoms with Crippen LogP contribution >= 0.6 is 0 Å². The summed E-state index contributed by atoms with van der Waals surface area (Å²) in [6.45, 7) is 11.1. The van der Waals surface area contributed by atoms with Crippen LogP contribution in [0.1, 0.15) is 53.9 Å². The van der Waals surface area contributed by atoms with Gasteiger partial charge in [0.15, 0.2) is 0 Å². The zero-order chi connectivity index (χ0) is 20.1. The van der Waals surface area contributed by atoms with E-state index in [0.29, 0.717) is 11.8 Å². The number of imide groups is 1. The van der Waals surface area contributed by atoms with Gasteiger partial charge in [-0.2, -0.15) is 0 Å². The van der Waals surface area contributed by atoms with Gasteiger partial charge in [0.2, 0.25) is 11.8 Å². The molecule has 0 aromatic carbocycles. The number of fused-ring (bicyclic) bond motifs is 1. The Morgan fingerprint density at radius 3 is 2.33 bits per heavy atom. The van der Waals surface area contributed by atoms with Gasteiger partial charge in [0, 0.05) is 14.2 Å². The molecule has 0 N–H and O–H groups in total. The van der Waals surface area contributed by atoms with E-state index in [4.69, 9.17) is 9.47 Å². The Hall–Kier alpha value is -1.20. The normalized spacial score (nSPS) is 40.2. The highest BCUT2D eigenvalue weighted by atomic mass is 16.5. The Kier molecular flexibility index (Phi) is 5.57. The van der Waals surface area contributed by atoms with Crippen LogP contribution < -0.4 is 0 Å². The summed E-state index contributed by atoms with van der Waals surface area (Å²) in [6, 6.07) is 0. The molecule has 0 aromatic heterocycles. The van der Waals surface area contributed by atoms with E-state index in [0.717, 1.165) is 18.4 Å². The SMILES string of the molecule is CO[C@@H]1C=C(C)[C@H](O[C@@H]2C[C@H](C)CC[C@H]2C(C)(C)C)[C@@H]2C(=O)N(C)C(=O)[C@@H]21. The molecule has 5 nitrogen and oxygen atoms in total. The van der Waals surface area contributed by atoms with Gasteiger partial charge in [-0.15, -0.1) is 0 Å². The second-order valence-electron chi connectivity index (χ2n) is 9.88. The van der Waals surface area contributed by atoms with Crippen LogP contribution in [0.5, 0.6) is 0 Å². The topological polar surface area (TPSA) is 55.8 Å². The third kappa shape index (κ3) is 3.61. The molecule has 1 heterocycles. The van der Waals surface area contributed by atoms with Gasteiger partial charge in [-0.05, 0) is 42.6 Å². The molecule has 7 atom stereocenters. The van der Waals surface area contributed by atoms with Crippen LogP contribution in [0, 0.1) is 29.1 Å². The molecule has 1 aliphatic heterocycles. The zero-order valence-electron chi connectivity index (χ0n) is 17.8. The molecule has 0 spiro atoms. The van der Waals surface area contributed by atoms with Crippen molar-refractivity contribution in [3.63, 3.8) is 0 Å². The first kappa shape index (κ1) is 20.5. The number of amides is 2. The van der Waals surface area contributed by atoms with Crippen molar-refractivity contribution < 1.29 is 19.1 Å². The summed E-state index contributed by atoms with van der Waals surface area (Å²) in [5.41, 5.74) is 1.16. The van der Waals surface area contributed by atoms with Crippen LogP contribution in [0.3, 0.4) is 0 Å². The molecule has 0 unspecified atom stereocenters. The Morgan fingerprint density at radius 2 is 1.74 bits per heavy atom. The molecule has 27 heavy (non-hydrogen) atoms. The first-order chi connectivity index (χ1) is 12.6. The lowest BCUT2D eigenvalue weighted by molar-refractivity contribution is -0.144. The number of rotatable bonds is 3. The van der Waals surface area contributed by atoms with Crippen molar-refractivity contribution in [2.24, 2.45) is 29.1 Å². The van der Waals surface area contributed by atoms with E-state index in [2.05, 4.69) is 27.7 Å². The summed E-state index contributed by atoms with van der Waals surface area (Å²) >= 11 is 0. The average molecular weight is 378 g/mol. The van der Waals surface area contributed by atoms with Gasteiger partial charge in [-0.3, -0.25) is 14.5 Å². The lowest BCUT2D eigenvalue weighted by atomic mass is 9.68. The van der Waals surface area contributed by atoms with E-state index >= 15 is 0 Å². The highest BCUT2D eigenvalue weighted by molar-refractivity contribution is 6.06. The first-order valence-corrected chi connectivity index (χ1v) is 10.2. The highest BCUT2D eigenvalue weighted by Crippen LogP contribution is 2.45. The molecule has 2 amide bonds. The minimum Gasteiger partial charge on any atom is -0.377 e. The predicted octanol–water partition coefficient (Wildman–Crippen LogP) is 3.43. The molecular weight excluding hydrogens is 342 g/mol. The van der Waals surface area contributed by atoms with Gasteiger partial charge in [0.1, 0.15) is 0 Å². The summed E-state index contributed by atoms with van der Waals surface area (Å²) in [4.78, 5) is 26.8. The fourth-order valence-electron chi connectivity index (χ4n) is 5.33. The lowest BCUT2D eigenvalue weighted by Crippen LogP contribution is -2.48. The number of carbonyl (C=O) groups excluding carboxylic acids is 2. The molecule has 3 rings (SSSR count). The van der Waals surface area contributed by atoms with Gasteiger partial charge in [0.25, 0.3) is 0 Å². The number of hydrogen-bond acceptors (Lipinski definition) is 4. The van der Waals surface area contributed by atoms with Gasteiger partial charge >= 0.3 is 0 Å². The minimum absolute atomic E-state index is 0.107. The number of likely N-dealkylation sites (tertiary alicyclic amines) is 1. The fraction of sp³-hybridized carbons (Fsp3) is 0.818. The summed E-state index contributed by atoms with van der Waals surface area (Å²) in [5.74, 6) is -0.178. The third-order valence-electron chi connectivity index (χ3n) is 6.93. The highest BCUT2D eigenvalue weighted by Gasteiger charge is 2.56. The van der Waals surface area contributed by atoms with E-state index in [1.807, 2.05) is 13.0 Å². The molecule has 1 saturated heterocycles. The van der Waals surface area contributed by atoms with Crippen molar-refractivity contribution in [3.8, 4) is 0 Å². The van der Waals surface area contributed by atoms with Gasteiger partial charge in [-0.1, -0.05) is 40.2 Å². The predicted molar refractivity (Wildman–Crippen MR) is 104 cm³/mol. The van der Waals surface area contributed by atoms with Crippen LogP contribution in [-0.2, 0) is 19.1 Å². The van der Waals surface area contributed by atoms with Gasteiger partial charge in [-0.25, -0.2) is 0 Å². The Balaban J connectivity index is 1.92.